The van der Waals surface area contributed by atoms with Crippen LogP contribution in [-0.2, 0) is 6.54 Å². The fourth-order valence-electron chi connectivity index (χ4n) is 1.64. The molecule has 0 fully saturated rings. The van der Waals surface area contributed by atoms with Gasteiger partial charge < -0.3 is 11.5 Å². The van der Waals surface area contributed by atoms with Crippen LogP contribution in [0.3, 0.4) is 0 Å². The highest BCUT2D eigenvalue weighted by molar-refractivity contribution is 5.95. The Morgan fingerprint density at radius 1 is 1.56 bits per heavy atom. The van der Waals surface area contributed by atoms with Crippen molar-refractivity contribution < 1.29 is 4.79 Å². The van der Waals surface area contributed by atoms with E-state index in [0.29, 0.717) is 12.2 Å². The molecule has 0 bridgehead atoms. The summed E-state index contributed by atoms with van der Waals surface area (Å²) in [5, 5.41) is 12.9. The Morgan fingerprint density at radius 3 is 2.72 bits per heavy atom. The van der Waals surface area contributed by atoms with Crippen molar-refractivity contribution in [2.45, 2.75) is 39.7 Å². The second kappa shape index (κ2) is 5.54. The number of carbonyl (C=O) groups is 1. The summed E-state index contributed by atoms with van der Waals surface area (Å²) < 4.78 is 1.62. The van der Waals surface area contributed by atoms with Gasteiger partial charge in [-0.1, -0.05) is 6.42 Å². The predicted octanol–water partition coefficient (Wildman–Crippen LogP) is 1.28. The van der Waals surface area contributed by atoms with Gasteiger partial charge in [0.05, 0.1) is 17.2 Å². The standard InChI is InChI=1S/C12H19N5O/c1-12(2,8-13)5-3-4-6-17-7-9(14)10(16-17)11(15)18/h7H,3-6,14H2,1-2H3,(H2,15,18). The Hall–Kier alpha value is -2.03. The summed E-state index contributed by atoms with van der Waals surface area (Å²) >= 11 is 0. The zero-order valence-corrected chi connectivity index (χ0v) is 10.8. The highest BCUT2D eigenvalue weighted by Crippen LogP contribution is 2.21. The van der Waals surface area contributed by atoms with Crippen LogP contribution in [0.25, 0.3) is 0 Å². The Bertz CT molecular complexity index is 469. The summed E-state index contributed by atoms with van der Waals surface area (Å²) in [5.74, 6) is -0.614. The number of aryl methyl sites for hydroxylation is 1. The lowest BCUT2D eigenvalue weighted by Gasteiger charge is -2.14. The van der Waals surface area contributed by atoms with Crippen LogP contribution < -0.4 is 11.5 Å². The summed E-state index contributed by atoms with van der Waals surface area (Å²) in [6, 6.07) is 2.26. The second-order valence-corrected chi connectivity index (χ2v) is 5.01. The molecule has 0 atom stereocenters. The number of nitriles is 1. The number of carbonyl (C=O) groups excluding carboxylic acids is 1. The maximum atomic E-state index is 11.0. The molecule has 0 aromatic carbocycles. The molecule has 0 aliphatic rings. The van der Waals surface area contributed by atoms with E-state index < -0.39 is 5.91 Å². The second-order valence-electron chi connectivity index (χ2n) is 5.01. The van der Waals surface area contributed by atoms with Crippen molar-refractivity contribution in [2.24, 2.45) is 11.1 Å². The van der Waals surface area contributed by atoms with Crippen molar-refractivity contribution >= 4 is 11.6 Å². The van der Waals surface area contributed by atoms with E-state index in [0.717, 1.165) is 19.3 Å². The van der Waals surface area contributed by atoms with Gasteiger partial charge >= 0.3 is 0 Å². The molecule has 1 aromatic heterocycles. The molecule has 0 aliphatic carbocycles. The topological polar surface area (TPSA) is 111 Å². The lowest BCUT2D eigenvalue weighted by atomic mass is 9.89. The summed E-state index contributed by atoms with van der Waals surface area (Å²) in [6.45, 7) is 4.51. The lowest BCUT2D eigenvalue weighted by molar-refractivity contribution is 0.0995. The molecular formula is C12H19N5O. The van der Waals surface area contributed by atoms with Gasteiger partial charge in [-0.15, -0.1) is 0 Å². The van der Waals surface area contributed by atoms with Crippen LogP contribution in [0.4, 0.5) is 5.69 Å². The molecule has 0 saturated carbocycles. The van der Waals surface area contributed by atoms with Crippen LogP contribution in [0.2, 0.25) is 0 Å². The van der Waals surface area contributed by atoms with Crippen LogP contribution in [0.5, 0.6) is 0 Å². The molecule has 4 N–H and O–H groups in total. The van der Waals surface area contributed by atoms with Crippen LogP contribution in [0.15, 0.2) is 6.20 Å². The van der Waals surface area contributed by atoms with Crippen LogP contribution in [0, 0.1) is 16.7 Å². The molecule has 18 heavy (non-hydrogen) atoms. The number of aromatic nitrogens is 2. The van der Waals surface area contributed by atoms with Crippen LogP contribution in [-0.4, -0.2) is 15.7 Å². The summed E-state index contributed by atoms with van der Waals surface area (Å²) in [5.41, 5.74) is 10.9. The number of nitrogens with two attached hydrogens (primary N) is 2. The summed E-state index contributed by atoms with van der Waals surface area (Å²) in [7, 11) is 0. The van der Waals surface area contributed by atoms with Crippen molar-refractivity contribution in [3.8, 4) is 6.07 Å². The van der Waals surface area contributed by atoms with Crippen molar-refractivity contribution in [3.63, 3.8) is 0 Å². The maximum Gasteiger partial charge on any atom is 0.271 e. The van der Waals surface area contributed by atoms with Gasteiger partial charge in [-0.05, 0) is 26.7 Å². The fourth-order valence-corrected chi connectivity index (χ4v) is 1.64. The fraction of sp³-hybridized carbons (Fsp3) is 0.583. The highest BCUT2D eigenvalue weighted by Gasteiger charge is 2.16. The van der Waals surface area contributed by atoms with E-state index in [9.17, 15) is 4.79 Å². The molecule has 0 spiro atoms. The van der Waals surface area contributed by atoms with Gasteiger partial charge in [0.25, 0.3) is 5.91 Å². The summed E-state index contributed by atoms with van der Waals surface area (Å²) in [6.07, 6.45) is 4.25. The first kappa shape index (κ1) is 14.0. The van der Waals surface area contributed by atoms with Crippen molar-refractivity contribution in [1.82, 2.24) is 9.78 Å². The molecule has 0 unspecified atom stereocenters. The SMILES string of the molecule is CC(C)(C#N)CCCCn1cc(N)c(C(N)=O)n1. The van der Waals surface area contributed by atoms with Gasteiger partial charge in [-0.2, -0.15) is 10.4 Å². The highest BCUT2D eigenvalue weighted by atomic mass is 16.1. The third-order valence-electron chi connectivity index (χ3n) is 2.77. The Kier molecular flexibility index (Phi) is 4.32. The normalized spacial score (nSPS) is 11.2. The number of hydrogen-bond acceptors (Lipinski definition) is 4. The first-order valence-corrected chi connectivity index (χ1v) is 5.90. The number of hydrogen-bond donors (Lipinski definition) is 2. The molecule has 98 valence electrons. The first-order chi connectivity index (χ1) is 8.35. The van der Waals surface area contributed by atoms with Crippen molar-refractivity contribution in [3.05, 3.63) is 11.9 Å². The summed E-state index contributed by atoms with van der Waals surface area (Å²) in [4.78, 5) is 11.0. The van der Waals surface area contributed by atoms with Crippen LogP contribution in [0.1, 0.15) is 43.6 Å². The molecule has 0 radical (unpaired) electrons. The Morgan fingerprint density at radius 2 is 2.22 bits per heavy atom. The zero-order valence-electron chi connectivity index (χ0n) is 10.8. The first-order valence-electron chi connectivity index (χ1n) is 5.90. The largest absolute Gasteiger partial charge is 0.396 e. The average molecular weight is 249 g/mol. The number of primary amides is 1. The lowest BCUT2D eigenvalue weighted by Crippen LogP contribution is -2.14. The molecule has 0 saturated heterocycles. The van der Waals surface area contributed by atoms with E-state index in [4.69, 9.17) is 16.7 Å². The van der Waals surface area contributed by atoms with Gasteiger partial charge in [-0.25, -0.2) is 0 Å². The quantitative estimate of drug-likeness (QED) is 0.740. The van der Waals surface area contributed by atoms with E-state index in [1.54, 1.807) is 10.9 Å². The smallest absolute Gasteiger partial charge is 0.271 e. The van der Waals surface area contributed by atoms with E-state index in [1.165, 1.54) is 0 Å². The Balaban J connectivity index is 2.44. The van der Waals surface area contributed by atoms with E-state index in [1.807, 2.05) is 13.8 Å². The monoisotopic (exact) mass is 249 g/mol. The minimum absolute atomic E-state index is 0.118. The number of unbranched alkanes of at least 4 members (excludes halogenated alkanes) is 1. The van der Waals surface area contributed by atoms with Gasteiger partial charge in [0.2, 0.25) is 0 Å². The molecule has 1 rings (SSSR count). The third-order valence-corrected chi connectivity index (χ3v) is 2.77. The molecule has 1 aromatic rings. The minimum Gasteiger partial charge on any atom is -0.396 e. The molecule has 6 heteroatoms. The molecule has 0 aliphatic heterocycles. The molecule has 1 heterocycles. The van der Waals surface area contributed by atoms with E-state index in [-0.39, 0.29) is 11.1 Å². The van der Waals surface area contributed by atoms with Crippen LogP contribution >= 0.6 is 0 Å². The molecule has 6 nitrogen and oxygen atoms in total. The van der Waals surface area contributed by atoms with Gasteiger partial charge in [0, 0.05) is 12.7 Å². The van der Waals surface area contributed by atoms with Gasteiger partial charge in [0.15, 0.2) is 5.69 Å². The number of rotatable bonds is 6. The minimum atomic E-state index is -0.614. The van der Waals surface area contributed by atoms with E-state index >= 15 is 0 Å². The Labute approximate surface area is 107 Å². The van der Waals surface area contributed by atoms with E-state index in [2.05, 4.69) is 11.2 Å². The number of nitrogens with zero attached hydrogens (tertiary/aromatic N) is 3. The number of nitrogen functional groups attached to an aromatic ring is 1. The van der Waals surface area contributed by atoms with Gasteiger partial charge in [-0.3, -0.25) is 9.48 Å². The molecular weight excluding hydrogens is 230 g/mol. The molecule has 1 amide bonds. The average Bonchev–Trinajstić information content (AvgIpc) is 2.66. The third kappa shape index (κ3) is 3.77. The van der Waals surface area contributed by atoms with Crippen molar-refractivity contribution in [1.29, 1.82) is 5.26 Å². The predicted molar refractivity (Wildman–Crippen MR) is 68.4 cm³/mol. The van der Waals surface area contributed by atoms with Crippen molar-refractivity contribution in [2.75, 3.05) is 5.73 Å². The number of amides is 1. The maximum absolute atomic E-state index is 11.0. The zero-order chi connectivity index (χ0) is 13.8. The number of anilines is 1. The van der Waals surface area contributed by atoms with Gasteiger partial charge in [0.1, 0.15) is 0 Å².